The molecule has 2 N–H and O–H groups in total. The van der Waals surface area contributed by atoms with Gasteiger partial charge in [0.1, 0.15) is 5.56 Å². The van der Waals surface area contributed by atoms with E-state index in [-0.39, 0.29) is 28.7 Å². The van der Waals surface area contributed by atoms with Gasteiger partial charge in [-0.3, -0.25) is 4.79 Å². The van der Waals surface area contributed by atoms with E-state index in [4.69, 9.17) is 30.9 Å². The summed E-state index contributed by atoms with van der Waals surface area (Å²) in [4.78, 5) is 22.7. The Morgan fingerprint density at radius 1 is 1.33 bits per heavy atom. The quantitative estimate of drug-likeness (QED) is 0.699. The Hall–Kier alpha value is -1.99. The molecular formula is C13H16ClNO6. The molecule has 0 saturated carbocycles. The van der Waals surface area contributed by atoms with Gasteiger partial charge < -0.3 is 24.6 Å². The lowest BCUT2D eigenvalue weighted by Gasteiger charge is -2.13. The van der Waals surface area contributed by atoms with Gasteiger partial charge in [0.15, 0.2) is 18.1 Å². The lowest BCUT2D eigenvalue weighted by atomic mass is 10.2. The second-order valence-electron chi connectivity index (χ2n) is 3.92. The molecule has 0 aromatic heterocycles. The topological polar surface area (TPSA) is 94.1 Å². The molecular weight excluding hydrogens is 302 g/mol. The fraction of sp³-hybridized carbons (Fsp3) is 0.385. The fourth-order valence-corrected chi connectivity index (χ4v) is 1.72. The first-order chi connectivity index (χ1) is 9.99. The zero-order valence-electron chi connectivity index (χ0n) is 11.6. The number of carbonyl (C=O) groups is 2. The average Bonchev–Trinajstić information content (AvgIpc) is 2.45. The molecule has 0 radical (unpaired) electrons. The van der Waals surface area contributed by atoms with Gasteiger partial charge in [0.05, 0.1) is 13.7 Å². The number of hydrogen-bond acceptors (Lipinski definition) is 5. The second kappa shape index (κ2) is 8.33. The maximum Gasteiger partial charge on any atom is 0.339 e. The van der Waals surface area contributed by atoms with Crippen LogP contribution >= 0.6 is 11.6 Å². The average molecular weight is 318 g/mol. The van der Waals surface area contributed by atoms with Crippen LogP contribution in [0.25, 0.3) is 0 Å². The van der Waals surface area contributed by atoms with Crippen molar-refractivity contribution in [2.24, 2.45) is 0 Å². The molecule has 8 heteroatoms. The molecule has 1 amide bonds. The molecule has 0 aliphatic rings. The summed E-state index contributed by atoms with van der Waals surface area (Å²) in [5.74, 6) is -1.54. The van der Waals surface area contributed by atoms with Crippen LogP contribution in [-0.2, 0) is 9.53 Å². The molecule has 1 aromatic rings. The summed E-state index contributed by atoms with van der Waals surface area (Å²) in [6.07, 6.45) is 0. The van der Waals surface area contributed by atoms with Crippen molar-refractivity contribution in [2.45, 2.75) is 0 Å². The third kappa shape index (κ3) is 5.13. The van der Waals surface area contributed by atoms with Gasteiger partial charge in [-0.15, -0.1) is 0 Å². The number of aromatic carboxylic acids is 1. The van der Waals surface area contributed by atoms with Crippen LogP contribution in [0.1, 0.15) is 10.4 Å². The van der Waals surface area contributed by atoms with Gasteiger partial charge in [0.25, 0.3) is 5.91 Å². The molecule has 0 atom stereocenters. The molecule has 0 heterocycles. The minimum atomic E-state index is -1.23. The molecule has 21 heavy (non-hydrogen) atoms. The number of hydrogen-bond donors (Lipinski definition) is 2. The van der Waals surface area contributed by atoms with Crippen LogP contribution in [-0.4, -0.2) is 51.0 Å². The number of halogens is 1. The highest BCUT2D eigenvalue weighted by Gasteiger charge is 2.19. The van der Waals surface area contributed by atoms with Crippen molar-refractivity contribution in [3.63, 3.8) is 0 Å². The van der Waals surface area contributed by atoms with E-state index in [9.17, 15) is 9.59 Å². The Morgan fingerprint density at radius 3 is 2.62 bits per heavy atom. The maximum atomic E-state index is 11.5. The van der Waals surface area contributed by atoms with E-state index in [0.29, 0.717) is 13.2 Å². The lowest BCUT2D eigenvalue weighted by molar-refractivity contribution is -0.123. The van der Waals surface area contributed by atoms with Gasteiger partial charge in [-0.05, 0) is 6.07 Å². The standard InChI is InChI=1S/C13H16ClNO6/c1-19-4-3-15-11(16)7-21-12-9(13(17)18)5-8(14)6-10(12)20-2/h5-6H,3-4,7H2,1-2H3,(H,15,16)(H,17,18). The minimum Gasteiger partial charge on any atom is -0.493 e. The Bertz CT molecular complexity index is 520. The number of benzene rings is 1. The van der Waals surface area contributed by atoms with Gasteiger partial charge in [-0.25, -0.2) is 4.79 Å². The molecule has 0 saturated heterocycles. The summed E-state index contributed by atoms with van der Waals surface area (Å²) in [6, 6.07) is 2.64. The number of nitrogens with one attached hydrogen (secondary N) is 1. The fourth-order valence-electron chi connectivity index (χ4n) is 1.51. The van der Waals surface area contributed by atoms with E-state index in [1.807, 2.05) is 0 Å². The third-order valence-corrected chi connectivity index (χ3v) is 2.66. The summed E-state index contributed by atoms with van der Waals surface area (Å²) in [5.41, 5.74) is -0.177. The molecule has 0 aliphatic heterocycles. The van der Waals surface area contributed by atoms with Crippen LogP contribution in [0.15, 0.2) is 12.1 Å². The zero-order valence-corrected chi connectivity index (χ0v) is 12.4. The highest BCUT2D eigenvalue weighted by Crippen LogP contribution is 2.34. The van der Waals surface area contributed by atoms with E-state index in [2.05, 4.69) is 5.32 Å². The van der Waals surface area contributed by atoms with Crippen LogP contribution < -0.4 is 14.8 Å². The SMILES string of the molecule is COCCNC(=O)COc1c(OC)cc(Cl)cc1C(=O)O. The summed E-state index contributed by atoms with van der Waals surface area (Å²) in [5, 5.41) is 11.9. The van der Waals surface area contributed by atoms with Gasteiger partial charge in [-0.1, -0.05) is 11.6 Å². The number of carbonyl (C=O) groups excluding carboxylic acids is 1. The number of ether oxygens (including phenoxy) is 3. The summed E-state index contributed by atoms with van der Waals surface area (Å²) < 4.78 is 15.1. The largest absolute Gasteiger partial charge is 0.493 e. The number of methoxy groups -OCH3 is 2. The molecule has 0 fully saturated rings. The van der Waals surface area contributed by atoms with Gasteiger partial charge >= 0.3 is 5.97 Å². The van der Waals surface area contributed by atoms with Crippen molar-refractivity contribution in [2.75, 3.05) is 34.0 Å². The number of carboxylic acids is 1. The molecule has 1 rings (SSSR count). The monoisotopic (exact) mass is 317 g/mol. The number of amides is 1. The van der Waals surface area contributed by atoms with Crippen LogP contribution in [0.3, 0.4) is 0 Å². The summed E-state index contributed by atoms with van der Waals surface area (Å²) >= 11 is 5.80. The van der Waals surface area contributed by atoms with Gasteiger partial charge in [-0.2, -0.15) is 0 Å². The third-order valence-electron chi connectivity index (χ3n) is 2.45. The maximum absolute atomic E-state index is 11.5. The first kappa shape index (κ1) is 17.1. The van der Waals surface area contributed by atoms with Crippen molar-refractivity contribution < 1.29 is 28.9 Å². The minimum absolute atomic E-state index is 0.0451. The Labute approximate surface area is 126 Å². The van der Waals surface area contributed by atoms with Crippen LogP contribution in [0.5, 0.6) is 11.5 Å². The highest BCUT2D eigenvalue weighted by atomic mass is 35.5. The van der Waals surface area contributed by atoms with E-state index in [0.717, 1.165) is 0 Å². The summed E-state index contributed by atoms with van der Waals surface area (Å²) in [7, 11) is 2.86. The number of carboxylic acid groups (broad SMARTS) is 1. The summed E-state index contributed by atoms with van der Waals surface area (Å²) in [6.45, 7) is 0.362. The molecule has 0 aliphatic carbocycles. The molecule has 116 valence electrons. The van der Waals surface area contributed by atoms with Crippen LogP contribution in [0, 0.1) is 0 Å². The highest BCUT2D eigenvalue weighted by molar-refractivity contribution is 6.31. The molecule has 7 nitrogen and oxygen atoms in total. The number of rotatable bonds is 8. The predicted octanol–water partition coefficient (Wildman–Crippen LogP) is 1.19. The first-order valence-electron chi connectivity index (χ1n) is 5.98. The zero-order chi connectivity index (χ0) is 15.8. The smallest absolute Gasteiger partial charge is 0.339 e. The van der Waals surface area contributed by atoms with E-state index >= 15 is 0 Å². The van der Waals surface area contributed by atoms with Gasteiger partial charge in [0, 0.05) is 24.7 Å². The molecule has 0 spiro atoms. The molecule has 0 unspecified atom stereocenters. The van der Waals surface area contributed by atoms with Crippen molar-refractivity contribution in [3.8, 4) is 11.5 Å². The van der Waals surface area contributed by atoms with Crippen molar-refractivity contribution in [3.05, 3.63) is 22.7 Å². The van der Waals surface area contributed by atoms with Crippen LogP contribution in [0.2, 0.25) is 5.02 Å². The second-order valence-corrected chi connectivity index (χ2v) is 4.36. The Morgan fingerprint density at radius 2 is 2.05 bits per heavy atom. The Kier molecular flexibility index (Phi) is 6.77. The van der Waals surface area contributed by atoms with E-state index < -0.39 is 11.9 Å². The molecule has 0 bridgehead atoms. The van der Waals surface area contributed by atoms with Crippen molar-refractivity contribution in [1.29, 1.82) is 0 Å². The lowest BCUT2D eigenvalue weighted by Crippen LogP contribution is -2.31. The first-order valence-corrected chi connectivity index (χ1v) is 6.36. The van der Waals surface area contributed by atoms with Crippen molar-refractivity contribution in [1.82, 2.24) is 5.32 Å². The van der Waals surface area contributed by atoms with Crippen LogP contribution in [0.4, 0.5) is 0 Å². The molecule has 1 aromatic carbocycles. The van der Waals surface area contributed by atoms with Crippen molar-refractivity contribution >= 4 is 23.5 Å². The van der Waals surface area contributed by atoms with E-state index in [1.165, 1.54) is 26.4 Å². The van der Waals surface area contributed by atoms with Gasteiger partial charge in [0.2, 0.25) is 0 Å². The predicted molar refractivity (Wildman–Crippen MR) is 75.3 cm³/mol. The Balaban J connectivity index is 2.81. The van der Waals surface area contributed by atoms with E-state index in [1.54, 1.807) is 0 Å². The normalized spacial score (nSPS) is 10.0.